The normalized spacial score (nSPS) is 25.2. The molecule has 110 valence electrons. The Balaban J connectivity index is 1.72. The number of anilines is 1. The summed E-state index contributed by atoms with van der Waals surface area (Å²) in [6, 6.07) is 15.7. The minimum absolute atomic E-state index is 0.200. The molecule has 0 unspecified atom stereocenters. The molecule has 4 rings (SSSR count). The lowest BCUT2D eigenvalue weighted by Gasteiger charge is -2.37. The highest BCUT2D eigenvalue weighted by Gasteiger charge is 2.37. The minimum Gasteiger partial charge on any atom is -0.545 e. The third-order valence-corrected chi connectivity index (χ3v) is 4.78. The van der Waals surface area contributed by atoms with Crippen LogP contribution in [0, 0.1) is 5.92 Å². The van der Waals surface area contributed by atoms with Crippen molar-refractivity contribution in [1.29, 1.82) is 0 Å². The molecule has 3 atom stereocenters. The summed E-state index contributed by atoms with van der Waals surface area (Å²) >= 11 is 0. The first-order valence-corrected chi connectivity index (χ1v) is 7.57. The topological polar surface area (TPSA) is 52.2 Å². The van der Waals surface area contributed by atoms with Crippen LogP contribution in [0.3, 0.4) is 0 Å². The van der Waals surface area contributed by atoms with E-state index in [1.165, 1.54) is 11.3 Å². The van der Waals surface area contributed by atoms with Gasteiger partial charge in [-0.3, -0.25) is 0 Å². The molecule has 2 aliphatic rings. The Labute approximate surface area is 129 Å². The van der Waals surface area contributed by atoms with E-state index in [1.54, 1.807) is 12.1 Å². The SMILES string of the molecule is O=C([O-])c1ccc([C@@H]2Nc3ccccc3[C@H]3C=CC[C@H]32)cc1. The zero-order valence-electron chi connectivity index (χ0n) is 12.0. The highest BCUT2D eigenvalue weighted by molar-refractivity contribution is 5.85. The van der Waals surface area contributed by atoms with Crippen molar-refractivity contribution >= 4 is 11.7 Å². The van der Waals surface area contributed by atoms with Crippen LogP contribution >= 0.6 is 0 Å². The Morgan fingerprint density at radius 2 is 1.86 bits per heavy atom. The van der Waals surface area contributed by atoms with Gasteiger partial charge in [-0.2, -0.15) is 0 Å². The number of hydrogen-bond acceptors (Lipinski definition) is 3. The number of allylic oxidation sites excluding steroid dienone is 2. The second kappa shape index (κ2) is 5.02. The van der Waals surface area contributed by atoms with Gasteiger partial charge in [-0.15, -0.1) is 0 Å². The fourth-order valence-electron chi connectivity index (χ4n) is 3.70. The Bertz CT molecular complexity index is 748. The lowest BCUT2D eigenvalue weighted by molar-refractivity contribution is -0.255. The molecule has 2 aromatic rings. The van der Waals surface area contributed by atoms with E-state index in [-0.39, 0.29) is 11.6 Å². The summed E-state index contributed by atoms with van der Waals surface area (Å²) in [7, 11) is 0. The third kappa shape index (κ3) is 2.01. The summed E-state index contributed by atoms with van der Waals surface area (Å²) < 4.78 is 0. The van der Waals surface area contributed by atoms with E-state index in [9.17, 15) is 9.90 Å². The standard InChI is InChI=1S/C19H17NO2/c21-19(22)13-10-8-12(9-11-13)18-16-6-3-5-14(16)15-4-1-2-7-17(15)20-18/h1-5,7-11,14,16,18,20H,6H2,(H,21,22)/p-1/t14-,16-,18+/m1/s1. The molecule has 0 bridgehead atoms. The predicted octanol–water partition coefficient (Wildman–Crippen LogP) is 2.88. The van der Waals surface area contributed by atoms with Crippen LogP contribution in [0.1, 0.15) is 39.9 Å². The lowest BCUT2D eigenvalue weighted by Crippen LogP contribution is -2.29. The first kappa shape index (κ1) is 13.1. The zero-order chi connectivity index (χ0) is 15.1. The number of carbonyl (C=O) groups is 1. The van der Waals surface area contributed by atoms with Gasteiger partial charge >= 0.3 is 0 Å². The summed E-state index contributed by atoms with van der Waals surface area (Å²) in [5, 5.41) is 14.5. The van der Waals surface area contributed by atoms with Crippen LogP contribution in [0.5, 0.6) is 0 Å². The molecule has 2 aromatic carbocycles. The number of para-hydroxylation sites is 1. The van der Waals surface area contributed by atoms with Crippen LogP contribution < -0.4 is 10.4 Å². The van der Waals surface area contributed by atoms with E-state index in [2.05, 4.69) is 35.7 Å². The average Bonchev–Trinajstić information content (AvgIpc) is 3.04. The third-order valence-electron chi connectivity index (χ3n) is 4.78. The predicted molar refractivity (Wildman–Crippen MR) is 83.6 cm³/mol. The van der Waals surface area contributed by atoms with E-state index in [0.29, 0.717) is 11.8 Å². The number of fused-ring (bicyclic) bond motifs is 3. The number of carbonyl (C=O) groups excluding carboxylic acids is 1. The summed E-state index contributed by atoms with van der Waals surface area (Å²) in [4.78, 5) is 10.9. The van der Waals surface area contributed by atoms with E-state index >= 15 is 0 Å². The molecule has 1 heterocycles. The van der Waals surface area contributed by atoms with Crippen molar-refractivity contribution in [2.24, 2.45) is 5.92 Å². The molecule has 0 radical (unpaired) electrons. The lowest BCUT2D eigenvalue weighted by atomic mass is 9.77. The van der Waals surface area contributed by atoms with E-state index in [1.807, 2.05) is 18.2 Å². The molecule has 1 aliphatic heterocycles. The molecule has 0 aromatic heterocycles. The van der Waals surface area contributed by atoms with Crippen molar-refractivity contribution in [2.45, 2.75) is 18.4 Å². The Kier molecular flexibility index (Phi) is 3.00. The Morgan fingerprint density at radius 1 is 1.09 bits per heavy atom. The van der Waals surface area contributed by atoms with Crippen molar-refractivity contribution in [3.63, 3.8) is 0 Å². The van der Waals surface area contributed by atoms with Crippen molar-refractivity contribution in [2.75, 3.05) is 5.32 Å². The van der Waals surface area contributed by atoms with Crippen LogP contribution in [0.2, 0.25) is 0 Å². The molecule has 3 heteroatoms. The van der Waals surface area contributed by atoms with Crippen molar-refractivity contribution in [3.8, 4) is 0 Å². The maximum atomic E-state index is 10.9. The van der Waals surface area contributed by atoms with Gasteiger partial charge in [0.1, 0.15) is 0 Å². The van der Waals surface area contributed by atoms with E-state index in [0.717, 1.165) is 12.0 Å². The molecular formula is C19H16NO2-. The molecule has 1 aliphatic carbocycles. The number of carboxylic acid groups (broad SMARTS) is 1. The minimum atomic E-state index is -1.13. The molecule has 0 spiro atoms. The second-order valence-corrected chi connectivity index (χ2v) is 5.97. The van der Waals surface area contributed by atoms with Gasteiger partial charge in [0.15, 0.2) is 0 Å². The first-order valence-electron chi connectivity index (χ1n) is 7.57. The smallest absolute Gasteiger partial charge is 0.0715 e. The molecular weight excluding hydrogens is 274 g/mol. The van der Waals surface area contributed by atoms with Gasteiger partial charge in [0, 0.05) is 11.6 Å². The molecule has 22 heavy (non-hydrogen) atoms. The van der Waals surface area contributed by atoms with Crippen molar-refractivity contribution in [1.82, 2.24) is 0 Å². The van der Waals surface area contributed by atoms with Gasteiger partial charge in [-0.25, -0.2) is 0 Å². The highest BCUT2D eigenvalue weighted by atomic mass is 16.4. The first-order chi connectivity index (χ1) is 10.7. The quantitative estimate of drug-likeness (QED) is 0.865. The fraction of sp³-hybridized carbons (Fsp3) is 0.211. The summed E-state index contributed by atoms with van der Waals surface area (Å²) in [6.07, 6.45) is 5.59. The number of carboxylic acids is 1. The average molecular weight is 290 g/mol. The number of aromatic carboxylic acids is 1. The summed E-state index contributed by atoms with van der Waals surface area (Å²) in [5.74, 6) is -0.221. The molecule has 0 fully saturated rings. The second-order valence-electron chi connectivity index (χ2n) is 5.97. The van der Waals surface area contributed by atoms with Crippen LogP contribution in [0.15, 0.2) is 60.7 Å². The van der Waals surface area contributed by atoms with Gasteiger partial charge in [0.05, 0.1) is 12.0 Å². The van der Waals surface area contributed by atoms with Crippen LogP contribution in [-0.2, 0) is 0 Å². The van der Waals surface area contributed by atoms with Gasteiger partial charge in [0.25, 0.3) is 0 Å². The maximum Gasteiger partial charge on any atom is 0.0715 e. The van der Waals surface area contributed by atoms with Crippen molar-refractivity contribution in [3.05, 3.63) is 77.4 Å². The maximum absolute atomic E-state index is 10.9. The van der Waals surface area contributed by atoms with Gasteiger partial charge in [-0.1, -0.05) is 54.6 Å². The molecule has 3 nitrogen and oxygen atoms in total. The Hall–Kier alpha value is -2.55. The highest BCUT2D eigenvalue weighted by Crippen LogP contribution is 2.49. The molecule has 0 amide bonds. The monoisotopic (exact) mass is 290 g/mol. The Morgan fingerprint density at radius 3 is 2.64 bits per heavy atom. The van der Waals surface area contributed by atoms with Crippen LogP contribution in [0.25, 0.3) is 0 Å². The molecule has 0 saturated heterocycles. The zero-order valence-corrected chi connectivity index (χ0v) is 12.0. The number of hydrogen-bond donors (Lipinski definition) is 1. The number of benzene rings is 2. The largest absolute Gasteiger partial charge is 0.545 e. The van der Waals surface area contributed by atoms with Gasteiger partial charge in [-0.05, 0) is 35.1 Å². The summed E-state index contributed by atoms with van der Waals surface area (Å²) in [5.41, 5.74) is 3.87. The summed E-state index contributed by atoms with van der Waals surface area (Å²) in [6.45, 7) is 0. The van der Waals surface area contributed by atoms with Crippen LogP contribution in [0.4, 0.5) is 5.69 Å². The number of nitrogens with one attached hydrogen (secondary N) is 1. The molecule has 1 N–H and O–H groups in total. The van der Waals surface area contributed by atoms with Gasteiger partial charge in [0.2, 0.25) is 0 Å². The molecule has 0 saturated carbocycles. The van der Waals surface area contributed by atoms with E-state index < -0.39 is 5.97 Å². The van der Waals surface area contributed by atoms with Gasteiger partial charge < -0.3 is 15.2 Å². The van der Waals surface area contributed by atoms with Crippen molar-refractivity contribution < 1.29 is 9.90 Å². The van der Waals surface area contributed by atoms with Crippen LogP contribution in [-0.4, -0.2) is 5.97 Å². The van der Waals surface area contributed by atoms with E-state index in [4.69, 9.17) is 0 Å². The fourth-order valence-corrected chi connectivity index (χ4v) is 3.70. The number of rotatable bonds is 2.